The lowest BCUT2D eigenvalue weighted by atomic mass is 10.1. The Balaban J connectivity index is -0.000000107. The number of unbranched alkanes of at least 4 members (excludes halogenated alkanes) is 6. The number of carbonyl (C=O) groups excluding carboxylic acids is 1. The van der Waals surface area contributed by atoms with Gasteiger partial charge in [-0.05, 0) is 65.4 Å². The Hall–Kier alpha value is -2.22. The first-order valence-corrected chi connectivity index (χ1v) is 16.7. The molecular weight excluding hydrogens is 510 g/mol. The van der Waals surface area contributed by atoms with Crippen molar-refractivity contribution in [3.8, 4) is 0 Å². The van der Waals surface area contributed by atoms with E-state index in [-0.39, 0.29) is 0 Å². The summed E-state index contributed by atoms with van der Waals surface area (Å²) in [7, 11) is 0. The smallest absolute Gasteiger partial charge is 0.106 e. The molecule has 0 saturated heterocycles. The van der Waals surface area contributed by atoms with Gasteiger partial charge in [0.25, 0.3) is 0 Å². The van der Waals surface area contributed by atoms with Gasteiger partial charge in [0.15, 0.2) is 0 Å². The van der Waals surface area contributed by atoms with Gasteiger partial charge in [-0.25, -0.2) is 0 Å². The molecule has 2 heteroatoms. The molecule has 0 fully saturated rings. The van der Waals surface area contributed by atoms with E-state index in [4.69, 9.17) is 9.79 Å². The Morgan fingerprint density at radius 1 is 0.714 bits per heavy atom. The van der Waals surface area contributed by atoms with Crippen LogP contribution in [0.1, 0.15) is 168 Å². The molecule has 0 bridgehead atoms. The number of carbonyl (C=O) groups is 1. The molecule has 0 radical (unpaired) electrons. The third-order valence-electron chi connectivity index (χ3n) is 6.04. The van der Waals surface area contributed by atoms with Gasteiger partial charge in [0.05, 0.1) is 0 Å². The summed E-state index contributed by atoms with van der Waals surface area (Å²) >= 11 is 0. The van der Waals surface area contributed by atoms with Crippen LogP contribution < -0.4 is 0 Å². The van der Waals surface area contributed by atoms with Crippen LogP contribution in [0, 0.1) is 5.92 Å². The first-order chi connectivity index (χ1) is 20.0. The van der Waals surface area contributed by atoms with Gasteiger partial charge in [-0.1, -0.05) is 168 Å². The van der Waals surface area contributed by atoms with Crippen LogP contribution in [0.2, 0.25) is 0 Å². The maximum absolute atomic E-state index is 8.00. The normalized spacial score (nSPS) is 11.3. The van der Waals surface area contributed by atoms with Crippen molar-refractivity contribution in [3.05, 3.63) is 72.0 Å². The molecule has 2 nitrogen and oxygen atoms in total. The van der Waals surface area contributed by atoms with Gasteiger partial charge in [0.1, 0.15) is 6.79 Å². The minimum absolute atomic E-state index is 0.536. The fourth-order valence-corrected chi connectivity index (χ4v) is 2.79. The third-order valence-corrected chi connectivity index (χ3v) is 6.04. The first kappa shape index (κ1) is 52.4. The van der Waals surface area contributed by atoms with Crippen molar-refractivity contribution in [2.75, 3.05) is 0 Å². The van der Waals surface area contributed by atoms with Gasteiger partial charge in [-0.3, -0.25) is 4.99 Å². The molecule has 0 spiro atoms. The van der Waals surface area contributed by atoms with Crippen LogP contribution in [0.25, 0.3) is 0 Å². The Kier molecular flexibility index (Phi) is 60.6. The Morgan fingerprint density at radius 3 is 1.38 bits per heavy atom. The Morgan fingerprint density at radius 2 is 1.17 bits per heavy atom. The molecular formula is C40H77NO. The highest BCUT2D eigenvalue weighted by atomic mass is 16.1. The van der Waals surface area contributed by atoms with Crippen LogP contribution >= 0.6 is 0 Å². The van der Waals surface area contributed by atoms with Gasteiger partial charge in [-0.15, -0.1) is 6.58 Å². The number of hydrogen-bond donors (Lipinski definition) is 0. The van der Waals surface area contributed by atoms with E-state index in [9.17, 15) is 0 Å². The van der Waals surface area contributed by atoms with E-state index < -0.39 is 0 Å². The summed E-state index contributed by atoms with van der Waals surface area (Å²) in [4.78, 5) is 12.8. The fraction of sp³-hybridized carbons (Fsp3) is 0.650. The average Bonchev–Trinajstić information content (AvgIpc) is 3.00. The molecule has 0 aliphatic rings. The summed E-state index contributed by atoms with van der Waals surface area (Å²) in [6.07, 6.45) is 26.4. The lowest BCUT2D eigenvalue weighted by Gasteiger charge is -2.10. The molecule has 0 amide bonds. The molecule has 0 N–H and O–H groups in total. The lowest BCUT2D eigenvalue weighted by molar-refractivity contribution is -0.0980. The fourth-order valence-electron chi connectivity index (χ4n) is 2.79. The van der Waals surface area contributed by atoms with E-state index in [0.29, 0.717) is 5.92 Å². The third kappa shape index (κ3) is 53.9. The predicted molar refractivity (Wildman–Crippen MR) is 201 cm³/mol. The summed E-state index contributed by atoms with van der Waals surface area (Å²) in [6, 6.07) is 0. The van der Waals surface area contributed by atoms with Crippen LogP contribution in [0.15, 0.2) is 77.0 Å². The number of aliphatic imine (C=N–C) groups is 1. The van der Waals surface area contributed by atoms with Gasteiger partial charge >= 0.3 is 0 Å². The highest BCUT2D eigenvalue weighted by molar-refractivity contribution is 5.86. The summed E-state index contributed by atoms with van der Waals surface area (Å²) in [5.74, 6) is 0.536. The number of nitrogens with zero attached hydrogens (tertiary/aromatic N) is 1. The molecule has 0 saturated carbocycles. The molecule has 0 aromatic carbocycles. The first-order valence-electron chi connectivity index (χ1n) is 16.7. The molecule has 0 rings (SSSR count). The lowest BCUT2D eigenvalue weighted by Crippen LogP contribution is -2.06. The number of rotatable bonds is 14. The summed E-state index contributed by atoms with van der Waals surface area (Å²) in [6.45, 7) is 39.2. The van der Waals surface area contributed by atoms with Gasteiger partial charge in [0.2, 0.25) is 0 Å². The average molecular weight is 588 g/mol. The van der Waals surface area contributed by atoms with Crippen molar-refractivity contribution in [3.63, 3.8) is 0 Å². The predicted octanol–water partition coefficient (Wildman–Crippen LogP) is 14.4. The largest absolute Gasteiger partial charge is 0.307 e. The van der Waals surface area contributed by atoms with Crippen molar-refractivity contribution in [1.82, 2.24) is 0 Å². The molecule has 0 atom stereocenters. The second-order valence-electron chi connectivity index (χ2n) is 10.4. The van der Waals surface area contributed by atoms with Crippen LogP contribution in [0.4, 0.5) is 0 Å². The SMILES string of the molecule is C=C(C)CC.C=C/C(C)=C\C.C=O.CCCCC.CCCCCCC.C\C=C/C=C\C(C)=C(/CC)N=C(CC)C(C)C. The van der Waals surface area contributed by atoms with Crippen LogP contribution in [-0.4, -0.2) is 12.5 Å². The van der Waals surface area contributed by atoms with E-state index in [1.165, 1.54) is 79.5 Å². The molecule has 0 unspecified atom stereocenters. The maximum atomic E-state index is 8.00. The molecule has 0 aromatic rings. The van der Waals surface area contributed by atoms with Crippen molar-refractivity contribution >= 4 is 12.5 Å². The standard InChI is InChI=1S/C16H27N.C7H16.C6H10.C5H10.C5H12.CH2O/c1-7-10-11-12-14(6)16(9-3)17-15(8-2)13(4)5;1-3-5-7-6-4-2;1-4-6(3)5-2;1-4-5(2)3;1-3-5-4-2;1-2/h7,10-13H,8-9H2,1-6H3;3-7H2,1-2H3;4-5H,1H2,2-3H3;2,4H2,1,3H3;3-5H2,1-2H3;1H2/b10-7-,12-11-,16-14+,17-15?;;6-5-;;;. The zero-order chi connectivity index (χ0) is 34.2. The van der Waals surface area contributed by atoms with Crippen LogP contribution in [0.5, 0.6) is 0 Å². The minimum Gasteiger partial charge on any atom is -0.307 e. The van der Waals surface area contributed by atoms with Crippen LogP contribution in [0.3, 0.4) is 0 Å². The molecule has 42 heavy (non-hydrogen) atoms. The second kappa shape index (κ2) is 48.5. The Bertz CT molecular complexity index is 695. The minimum atomic E-state index is 0.536. The topological polar surface area (TPSA) is 29.4 Å². The van der Waals surface area contributed by atoms with Gasteiger partial charge in [0, 0.05) is 11.4 Å². The van der Waals surface area contributed by atoms with Crippen molar-refractivity contribution in [2.24, 2.45) is 10.9 Å². The van der Waals surface area contributed by atoms with E-state index >= 15 is 0 Å². The van der Waals surface area contributed by atoms with Crippen molar-refractivity contribution in [2.45, 2.75) is 168 Å². The monoisotopic (exact) mass is 588 g/mol. The maximum Gasteiger partial charge on any atom is 0.106 e. The molecule has 0 aliphatic heterocycles. The summed E-state index contributed by atoms with van der Waals surface area (Å²) < 4.78 is 0. The van der Waals surface area contributed by atoms with E-state index in [2.05, 4.69) is 94.5 Å². The highest BCUT2D eigenvalue weighted by Gasteiger charge is 2.04. The Labute approximate surface area is 267 Å². The molecule has 0 aromatic heterocycles. The zero-order valence-electron chi connectivity index (χ0n) is 31.3. The van der Waals surface area contributed by atoms with Crippen molar-refractivity contribution in [1.29, 1.82) is 0 Å². The van der Waals surface area contributed by atoms with E-state index in [1.807, 2.05) is 58.8 Å². The number of allylic oxidation sites excluding steroid dienone is 10. The van der Waals surface area contributed by atoms with E-state index in [1.54, 1.807) is 0 Å². The number of hydrogen-bond acceptors (Lipinski definition) is 2. The zero-order valence-corrected chi connectivity index (χ0v) is 31.3. The highest BCUT2D eigenvalue weighted by Crippen LogP contribution is 2.15. The van der Waals surface area contributed by atoms with Crippen LogP contribution in [-0.2, 0) is 4.79 Å². The molecule has 0 aliphatic carbocycles. The van der Waals surface area contributed by atoms with Gasteiger partial charge < -0.3 is 4.79 Å². The molecule has 248 valence electrons. The van der Waals surface area contributed by atoms with E-state index in [0.717, 1.165) is 19.3 Å². The van der Waals surface area contributed by atoms with Crippen molar-refractivity contribution < 1.29 is 4.79 Å². The second-order valence-corrected chi connectivity index (χ2v) is 10.4. The summed E-state index contributed by atoms with van der Waals surface area (Å²) in [5.41, 5.74) is 6.24. The summed E-state index contributed by atoms with van der Waals surface area (Å²) in [5, 5.41) is 0. The van der Waals surface area contributed by atoms with Gasteiger partial charge in [-0.2, -0.15) is 0 Å². The molecule has 0 heterocycles. The quantitative estimate of drug-likeness (QED) is 0.0860.